The largest absolute Gasteiger partial charge is 0.355 e. The first-order valence-electron chi connectivity index (χ1n) is 10.6. The molecule has 0 aliphatic carbocycles. The summed E-state index contributed by atoms with van der Waals surface area (Å²) in [5.74, 6) is 0.851. The SMILES string of the molecule is Cc1ccc([C@@H](C)NC(=O)c2ccc(-c3nccnc3N3CCCC3)cc2)c(C)c1. The first kappa shape index (κ1) is 20.1. The maximum Gasteiger partial charge on any atom is 0.251 e. The summed E-state index contributed by atoms with van der Waals surface area (Å²) in [7, 11) is 0. The average Bonchev–Trinajstić information content (AvgIpc) is 3.28. The third-order valence-corrected chi connectivity index (χ3v) is 5.74. The van der Waals surface area contributed by atoms with Crippen LogP contribution < -0.4 is 10.2 Å². The molecule has 0 spiro atoms. The number of anilines is 1. The molecule has 1 amide bonds. The van der Waals surface area contributed by atoms with Crippen molar-refractivity contribution >= 4 is 11.7 Å². The van der Waals surface area contributed by atoms with Crippen molar-refractivity contribution in [3.05, 3.63) is 77.1 Å². The number of aryl methyl sites for hydroxylation is 2. The fraction of sp³-hybridized carbons (Fsp3) is 0.320. The predicted octanol–water partition coefficient (Wildman–Crippen LogP) is 4.85. The Morgan fingerprint density at radius 1 is 1.00 bits per heavy atom. The lowest BCUT2D eigenvalue weighted by Crippen LogP contribution is -2.27. The number of carbonyl (C=O) groups is 1. The van der Waals surface area contributed by atoms with Gasteiger partial charge in [-0.1, -0.05) is 35.9 Å². The summed E-state index contributed by atoms with van der Waals surface area (Å²) in [5.41, 5.74) is 6.04. The van der Waals surface area contributed by atoms with Gasteiger partial charge in [-0.15, -0.1) is 0 Å². The highest BCUT2D eigenvalue weighted by atomic mass is 16.1. The number of nitrogens with zero attached hydrogens (tertiary/aromatic N) is 3. The Bertz CT molecular complexity index is 1040. The smallest absolute Gasteiger partial charge is 0.251 e. The van der Waals surface area contributed by atoms with E-state index in [4.69, 9.17) is 0 Å². The third-order valence-electron chi connectivity index (χ3n) is 5.74. The lowest BCUT2D eigenvalue weighted by molar-refractivity contribution is 0.0940. The van der Waals surface area contributed by atoms with Gasteiger partial charge >= 0.3 is 0 Å². The summed E-state index contributed by atoms with van der Waals surface area (Å²) in [5, 5.41) is 3.11. The predicted molar refractivity (Wildman–Crippen MR) is 121 cm³/mol. The van der Waals surface area contributed by atoms with Gasteiger partial charge in [-0.25, -0.2) is 4.98 Å². The number of benzene rings is 2. The van der Waals surface area contributed by atoms with E-state index in [0.717, 1.165) is 35.7 Å². The molecule has 5 nitrogen and oxygen atoms in total. The first-order valence-corrected chi connectivity index (χ1v) is 10.6. The summed E-state index contributed by atoms with van der Waals surface area (Å²) < 4.78 is 0. The second kappa shape index (κ2) is 8.66. The fourth-order valence-electron chi connectivity index (χ4n) is 4.14. The summed E-state index contributed by atoms with van der Waals surface area (Å²) in [6.07, 6.45) is 5.84. The molecule has 1 atom stereocenters. The minimum Gasteiger partial charge on any atom is -0.355 e. The summed E-state index contributed by atoms with van der Waals surface area (Å²) in [4.78, 5) is 24.2. The highest BCUT2D eigenvalue weighted by Crippen LogP contribution is 2.29. The third kappa shape index (κ3) is 4.20. The van der Waals surface area contributed by atoms with Crippen molar-refractivity contribution in [1.29, 1.82) is 0 Å². The number of aromatic nitrogens is 2. The van der Waals surface area contributed by atoms with Crippen molar-refractivity contribution < 1.29 is 4.79 Å². The van der Waals surface area contributed by atoms with Gasteiger partial charge in [-0.2, -0.15) is 0 Å². The molecule has 0 saturated carbocycles. The highest BCUT2D eigenvalue weighted by Gasteiger charge is 2.19. The van der Waals surface area contributed by atoms with Crippen LogP contribution in [0.1, 0.15) is 52.9 Å². The van der Waals surface area contributed by atoms with Crippen molar-refractivity contribution in [1.82, 2.24) is 15.3 Å². The molecular formula is C25H28N4O. The minimum atomic E-state index is -0.0760. The second-order valence-electron chi connectivity index (χ2n) is 8.06. The van der Waals surface area contributed by atoms with Crippen LogP contribution in [0.25, 0.3) is 11.3 Å². The fourth-order valence-corrected chi connectivity index (χ4v) is 4.14. The molecule has 5 heteroatoms. The van der Waals surface area contributed by atoms with E-state index >= 15 is 0 Å². The molecular weight excluding hydrogens is 372 g/mol. The molecule has 0 unspecified atom stereocenters. The number of hydrogen-bond donors (Lipinski definition) is 1. The zero-order valence-corrected chi connectivity index (χ0v) is 17.9. The standard InChI is InChI=1S/C25H28N4O/c1-17-6-11-22(18(2)16-17)19(3)28-25(30)21-9-7-20(8-10-21)23-24(27-13-12-26-23)29-14-4-5-15-29/h6-13,16,19H,4-5,14-15H2,1-3H3,(H,28,30)/t19-/m1/s1. The van der Waals surface area contributed by atoms with Gasteiger partial charge in [0, 0.05) is 36.6 Å². The Morgan fingerprint density at radius 2 is 1.70 bits per heavy atom. The van der Waals surface area contributed by atoms with Crippen molar-refractivity contribution in [2.75, 3.05) is 18.0 Å². The molecule has 3 aromatic rings. The van der Waals surface area contributed by atoms with E-state index in [0.29, 0.717) is 5.56 Å². The van der Waals surface area contributed by atoms with Crippen molar-refractivity contribution in [3.63, 3.8) is 0 Å². The van der Waals surface area contributed by atoms with Crippen LogP contribution in [0.2, 0.25) is 0 Å². The quantitative estimate of drug-likeness (QED) is 0.665. The van der Waals surface area contributed by atoms with Gasteiger partial charge in [-0.3, -0.25) is 9.78 Å². The van der Waals surface area contributed by atoms with Crippen LogP contribution >= 0.6 is 0 Å². The van der Waals surface area contributed by atoms with Crippen LogP contribution in [0.3, 0.4) is 0 Å². The lowest BCUT2D eigenvalue weighted by atomic mass is 10.00. The molecule has 1 aliphatic heterocycles. The number of amides is 1. The summed E-state index contributed by atoms with van der Waals surface area (Å²) in [6.45, 7) is 8.21. The monoisotopic (exact) mass is 400 g/mol. The molecule has 2 heterocycles. The molecule has 0 bridgehead atoms. The molecule has 4 rings (SSSR count). The van der Waals surface area contributed by atoms with Crippen LogP contribution in [-0.4, -0.2) is 29.0 Å². The molecule has 30 heavy (non-hydrogen) atoms. The highest BCUT2D eigenvalue weighted by molar-refractivity contribution is 5.95. The van der Waals surface area contributed by atoms with E-state index < -0.39 is 0 Å². The van der Waals surface area contributed by atoms with E-state index in [2.05, 4.69) is 52.2 Å². The zero-order chi connectivity index (χ0) is 21.1. The van der Waals surface area contributed by atoms with E-state index in [1.54, 1.807) is 12.4 Å². The van der Waals surface area contributed by atoms with Gasteiger partial charge < -0.3 is 10.2 Å². The summed E-state index contributed by atoms with van der Waals surface area (Å²) >= 11 is 0. The molecule has 0 radical (unpaired) electrons. The van der Waals surface area contributed by atoms with Gasteiger partial charge in [0.15, 0.2) is 5.82 Å². The van der Waals surface area contributed by atoms with Gasteiger partial charge in [0.1, 0.15) is 5.69 Å². The number of nitrogens with one attached hydrogen (secondary N) is 1. The Morgan fingerprint density at radius 3 is 2.40 bits per heavy atom. The zero-order valence-electron chi connectivity index (χ0n) is 17.9. The Balaban J connectivity index is 1.50. The van der Waals surface area contributed by atoms with Gasteiger partial charge in [0.2, 0.25) is 0 Å². The number of hydrogen-bond acceptors (Lipinski definition) is 4. The number of carbonyl (C=O) groups excluding carboxylic acids is 1. The van der Waals surface area contributed by atoms with Gasteiger partial charge in [0.05, 0.1) is 6.04 Å². The molecule has 1 saturated heterocycles. The van der Waals surface area contributed by atoms with Crippen LogP contribution in [0.5, 0.6) is 0 Å². The van der Waals surface area contributed by atoms with Gasteiger partial charge in [-0.05, 0) is 56.9 Å². The summed E-state index contributed by atoms with van der Waals surface area (Å²) in [6, 6.07) is 13.9. The van der Waals surface area contributed by atoms with Crippen LogP contribution in [0, 0.1) is 13.8 Å². The lowest BCUT2D eigenvalue weighted by Gasteiger charge is -2.19. The molecule has 1 N–H and O–H groups in total. The minimum absolute atomic E-state index is 0.0560. The van der Waals surface area contributed by atoms with Gasteiger partial charge in [0.25, 0.3) is 5.91 Å². The topological polar surface area (TPSA) is 58.1 Å². The number of rotatable bonds is 5. The Kier molecular flexibility index (Phi) is 5.79. The second-order valence-corrected chi connectivity index (χ2v) is 8.06. The van der Waals surface area contributed by atoms with E-state index in [1.807, 2.05) is 31.2 Å². The Labute approximate surface area is 178 Å². The van der Waals surface area contributed by atoms with Crippen LogP contribution in [0.15, 0.2) is 54.9 Å². The van der Waals surface area contributed by atoms with E-state index in [1.165, 1.54) is 24.0 Å². The van der Waals surface area contributed by atoms with Crippen LogP contribution in [0.4, 0.5) is 5.82 Å². The molecule has 1 fully saturated rings. The average molecular weight is 401 g/mol. The van der Waals surface area contributed by atoms with Crippen molar-refractivity contribution in [2.24, 2.45) is 0 Å². The molecule has 2 aromatic carbocycles. The van der Waals surface area contributed by atoms with Crippen molar-refractivity contribution in [3.8, 4) is 11.3 Å². The maximum absolute atomic E-state index is 12.8. The molecule has 1 aromatic heterocycles. The van der Waals surface area contributed by atoms with Crippen molar-refractivity contribution in [2.45, 2.75) is 39.7 Å². The maximum atomic E-state index is 12.8. The van der Waals surface area contributed by atoms with E-state index in [9.17, 15) is 4.79 Å². The van der Waals surface area contributed by atoms with E-state index in [-0.39, 0.29) is 11.9 Å². The van der Waals surface area contributed by atoms with Crippen LogP contribution in [-0.2, 0) is 0 Å². The molecule has 154 valence electrons. The molecule has 1 aliphatic rings. The first-order chi connectivity index (χ1) is 14.5. The normalized spacial score (nSPS) is 14.6. The Hall–Kier alpha value is -3.21.